The van der Waals surface area contributed by atoms with Gasteiger partial charge in [-0.15, -0.1) is 0 Å². The molecular weight excluding hydrogens is 223 g/mol. The molecule has 1 rings (SSSR count). The van der Waals surface area contributed by atoms with E-state index in [0.717, 1.165) is 0 Å². The number of hydrogen-bond acceptors (Lipinski definition) is 3. The van der Waals surface area contributed by atoms with Gasteiger partial charge in [-0.05, 0) is 20.3 Å². The Morgan fingerprint density at radius 1 is 1.44 bits per heavy atom. The molecule has 0 spiro atoms. The quantitative estimate of drug-likeness (QED) is 0.688. The molecule has 1 aliphatic rings. The summed E-state index contributed by atoms with van der Waals surface area (Å²) in [4.78, 5) is 12.9. The molecule has 0 unspecified atom stereocenters. The number of hydrogen-bond donors (Lipinski definition) is 0. The van der Waals surface area contributed by atoms with Crippen LogP contribution in [-0.2, 0) is 9.53 Å². The number of alkyl halides is 3. The fraction of sp³-hybridized carbons (Fsp3) is 0.900. The van der Waals surface area contributed by atoms with Gasteiger partial charge in [0.15, 0.2) is 0 Å². The van der Waals surface area contributed by atoms with Gasteiger partial charge in [-0.1, -0.05) is 0 Å². The van der Waals surface area contributed by atoms with E-state index in [-0.39, 0.29) is 19.0 Å². The monoisotopic (exact) mass is 239 g/mol. The zero-order valence-corrected chi connectivity index (χ0v) is 9.54. The SMILES string of the molecule is COC(=O)[C@@H]1C[C@H](C(F)(F)F)CN1C(C)C. The fourth-order valence-corrected chi connectivity index (χ4v) is 2.04. The van der Waals surface area contributed by atoms with E-state index in [9.17, 15) is 18.0 Å². The van der Waals surface area contributed by atoms with Gasteiger partial charge in [-0.25, -0.2) is 0 Å². The van der Waals surface area contributed by atoms with Crippen molar-refractivity contribution in [3.8, 4) is 0 Å². The third kappa shape index (κ3) is 2.66. The largest absolute Gasteiger partial charge is 0.468 e. The van der Waals surface area contributed by atoms with Gasteiger partial charge < -0.3 is 4.74 Å². The Labute approximate surface area is 92.5 Å². The van der Waals surface area contributed by atoms with Gasteiger partial charge in [0.25, 0.3) is 0 Å². The molecule has 0 N–H and O–H groups in total. The van der Waals surface area contributed by atoms with Gasteiger partial charge in [0, 0.05) is 12.6 Å². The third-order valence-corrected chi connectivity index (χ3v) is 2.94. The minimum atomic E-state index is -4.24. The molecule has 1 saturated heterocycles. The third-order valence-electron chi connectivity index (χ3n) is 2.94. The van der Waals surface area contributed by atoms with Gasteiger partial charge in [0.2, 0.25) is 0 Å². The molecule has 0 aliphatic carbocycles. The van der Waals surface area contributed by atoms with Crippen LogP contribution in [0.25, 0.3) is 0 Å². The Bertz CT molecular complexity index is 265. The van der Waals surface area contributed by atoms with E-state index in [1.54, 1.807) is 18.7 Å². The van der Waals surface area contributed by atoms with Crippen LogP contribution in [0.4, 0.5) is 13.2 Å². The maximum absolute atomic E-state index is 12.6. The maximum Gasteiger partial charge on any atom is 0.393 e. The van der Waals surface area contributed by atoms with Crippen LogP contribution in [0.2, 0.25) is 0 Å². The summed E-state index contributed by atoms with van der Waals surface area (Å²) >= 11 is 0. The Kier molecular flexibility index (Phi) is 3.83. The molecule has 0 bridgehead atoms. The van der Waals surface area contributed by atoms with Crippen molar-refractivity contribution in [1.82, 2.24) is 4.90 Å². The maximum atomic E-state index is 12.6. The molecule has 0 aromatic heterocycles. The highest BCUT2D eigenvalue weighted by atomic mass is 19.4. The average molecular weight is 239 g/mol. The lowest BCUT2D eigenvalue weighted by molar-refractivity contribution is -0.171. The molecule has 6 heteroatoms. The zero-order chi connectivity index (χ0) is 12.5. The summed E-state index contributed by atoms with van der Waals surface area (Å²) in [6.45, 7) is 3.42. The van der Waals surface area contributed by atoms with Crippen molar-refractivity contribution in [1.29, 1.82) is 0 Å². The van der Waals surface area contributed by atoms with Crippen LogP contribution in [0.15, 0.2) is 0 Å². The minimum Gasteiger partial charge on any atom is -0.468 e. The molecule has 0 aromatic carbocycles. The lowest BCUT2D eigenvalue weighted by Gasteiger charge is -2.26. The molecular formula is C10H16F3NO2. The molecule has 1 fully saturated rings. The first-order valence-corrected chi connectivity index (χ1v) is 5.17. The van der Waals surface area contributed by atoms with Crippen molar-refractivity contribution in [3.63, 3.8) is 0 Å². The molecule has 3 nitrogen and oxygen atoms in total. The molecule has 0 aromatic rings. The van der Waals surface area contributed by atoms with Crippen molar-refractivity contribution in [3.05, 3.63) is 0 Å². The van der Waals surface area contributed by atoms with Crippen LogP contribution in [0.3, 0.4) is 0 Å². The first-order chi connectivity index (χ1) is 7.27. The van der Waals surface area contributed by atoms with E-state index in [2.05, 4.69) is 4.74 Å². The Morgan fingerprint density at radius 3 is 2.38 bits per heavy atom. The van der Waals surface area contributed by atoms with E-state index in [0.29, 0.717) is 0 Å². The van der Waals surface area contributed by atoms with Crippen molar-refractivity contribution in [2.45, 2.75) is 38.5 Å². The highest BCUT2D eigenvalue weighted by Crippen LogP contribution is 2.37. The highest BCUT2D eigenvalue weighted by Gasteiger charge is 2.50. The molecule has 16 heavy (non-hydrogen) atoms. The van der Waals surface area contributed by atoms with E-state index in [1.807, 2.05) is 0 Å². The molecule has 2 atom stereocenters. The van der Waals surface area contributed by atoms with E-state index >= 15 is 0 Å². The predicted octanol–water partition coefficient (Wildman–Crippen LogP) is 1.82. The van der Waals surface area contributed by atoms with Crippen LogP contribution in [0, 0.1) is 5.92 Å². The number of likely N-dealkylation sites (tertiary alicyclic amines) is 1. The molecule has 0 amide bonds. The van der Waals surface area contributed by atoms with Gasteiger partial charge in [-0.2, -0.15) is 13.2 Å². The fourth-order valence-electron chi connectivity index (χ4n) is 2.04. The lowest BCUT2D eigenvalue weighted by atomic mass is 10.1. The minimum absolute atomic E-state index is 0.101. The summed E-state index contributed by atoms with van der Waals surface area (Å²) in [5.41, 5.74) is 0. The van der Waals surface area contributed by atoms with Crippen molar-refractivity contribution in [2.24, 2.45) is 5.92 Å². The Morgan fingerprint density at radius 2 is 2.00 bits per heavy atom. The van der Waals surface area contributed by atoms with E-state index < -0.39 is 24.1 Å². The Hall–Kier alpha value is -0.780. The van der Waals surface area contributed by atoms with E-state index in [4.69, 9.17) is 0 Å². The summed E-state index contributed by atoms with van der Waals surface area (Å²) in [5, 5.41) is 0. The summed E-state index contributed by atoms with van der Waals surface area (Å²) in [6, 6.07) is -0.868. The highest BCUT2D eigenvalue weighted by molar-refractivity contribution is 5.76. The first kappa shape index (κ1) is 13.3. The van der Waals surface area contributed by atoms with Crippen LogP contribution >= 0.6 is 0 Å². The summed E-state index contributed by atoms with van der Waals surface area (Å²) in [5.74, 6) is -2.01. The molecule has 1 heterocycles. The van der Waals surface area contributed by atoms with Crippen molar-refractivity contribution < 1.29 is 22.7 Å². The summed E-state index contributed by atoms with van der Waals surface area (Å²) in [6.07, 6.45) is -4.44. The number of ether oxygens (including phenoxy) is 1. The van der Waals surface area contributed by atoms with Crippen LogP contribution < -0.4 is 0 Å². The second-order valence-corrected chi connectivity index (χ2v) is 4.30. The number of halogens is 3. The predicted molar refractivity (Wildman–Crippen MR) is 51.8 cm³/mol. The van der Waals surface area contributed by atoms with Gasteiger partial charge >= 0.3 is 12.1 Å². The number of rotatable bonds is 2. The topological polar surface area (TPSA) is 29.5 Å². The zero-order valence-electron chi connectivity index (χ0n) is 9.54. The molecule has 1 aliphatic heterocycles. The second-order valence-electron chi connectivity index (χ2n) is 4.30. The number of carbonyl (C=O) groups excluding carboxylic acids is 1. The van der Waals surface area contributed by atoms with Crippen molar-refractivity contribution in [2.75, 3.05) is 13.7 Å². The van der Waals surface area contributed by atoms with Gasteiger partial charge in [0.05, 0.1) is 13.0 Å². The Balaban J connectivity index is 2.80. The van der Waals surface area contributed by atoms with Crippen molar-refractivity contribution >= 4 is 5.97 Å². The summed E-state index contributed by atoms with van der Waals surface area (Å²) in [7, 11) is 1.20. The molecule has 94 valence electrons. The van der Waals surface area contributed by atoms with E-state index in [1.165, 1.54) is 7.11 Å². The first-order valence-electron chi connectivity index (χ1n) is 5.17. The van der Waals surface area contributed by atoms with Gasteiger partial charge in [0.1, 0.15) is 6.04 Å². The van der Waals surface area contributed by atoms with Crippen LogP contribution in [0.5, 0.6) is 0 Å². The normalized spacial score (nSPS) is 27.4. The smallest absolute Gasteiger partial charge is 0.393 e. The van der Waals surface area contributed by atoms with Crippen LogP contribution in [-0.4, -0.2) is 42.8 Å². The number of carbonyl (C=O) groups is 1. The average Bonchev–Trinajstić information content (AvgIpc) is 2.60. The van der Waals surface area contributed by atoms with Gasteiger partial charge in [-0.3, -0.25) is 9.69 Å². The molecule has 0 saturated carbocycles. The van der Waals surface area contributed by atoms with Crippen LogP contribution in [0.1, 0.15) is 20.3 Å². The number of esters is 1. The standard InChI is InChI=1S/C10H16F3NO2/c1-6(2)14-5-7(10(11,12)13)4-8(14)9(15)16-3/h6-8H,4-5H2,1-3H3/t7-,8-/m0/s1. The lowest BCUT2D eigenvalue weighted by Crippen LogP contribution is -2.41. The number of nitrogens with zero attached hydrogens (tertiary/aromatic N) is 1. The number of methoxy groups -OCH3 is 1. The summed E-state index contributed by atoms with van der Waals surface area (Å²) < 4.78 is 42.2. The molecule has 0 radical (unpaired) electrons. The second kappa shape index (κ2) is 4.61.